The third-order valence-corrected chi connectivity index (χ3v) is 1.98. The van der Waals surface area contributed by atoms with Crippen LogP contribution in [-0.4, -0.2) is 18.9 Å². The molecule has 0 amide bonds. The van der Waals surface area contributed by atoms with Gasteiger partial charge >= 0.3 is 20.2 Å². The van der Waals surface area contributed by atoms with Crippen LogP contribution in [0.1, 0.15) is 13.3 Å². The van der Waals surface area contributed by atoms with Crippen molar-refractivity contribution in [2.24, 2.45) is 0 Å². The topological polar surface area (TPSA) is 35.5 Å². The lowest BCUT2D eigenvalue weighted by atomic mass is 10.4. The van der Waals surface area contributed by atoms with Crippen LogP contribution in [0.4, 0.5) is 26.1 Å². The van der Waals surface area contributed by atoms with E-state index in [0.717, 1.165) is 6.92 Å². The molecule has 10 heteroatoms. The Hall–Kier alpha value is -0.270. The average Bonchev–Trinajstić information content (AvgIpc) is 1.74. The summed E-state index contributed by atoms with van der Waals surface area (Å²) in [5, 5.41) is 0. The molecule has 0 aromatic carbocycles. The second-order valence-electron chi connectivity index (χ2n) is 2.37. The zero-order valence-electron chi connectivity index (χ0n) is 7.35. The van der Waals surface area contributed by atoms with Gasteiger partial charge in [0.2, 0.25) is 0 Å². The lowest BCUT2D eigenvalue weighted by Gasteiger charge is -2.19. The highest BCUT2D eigenvalue weighted by atomic mass is 31.2. The molecule has 0 aromatic heterocycles. The van der Waals surface area contributed by atoms with E-state index >= 15 is 0 Å². The summed E-state index contributed by atoms with van der Waals surface area (Å²) >= 11 is 0. The van der Waals surface area contributed by atoms with Crippen molar-refractivity contribution in [3.05, 3.63) is 0 Å². The Morgan fingerprint density at radius 1 is 1.20 bits per heavy atom. The van der Waals surface area contributed by atoms with Gasteiger partial charge in [-0.2, -0.15) is 22.0 Å². The van der Waals surface area contributed by atoms with Crippen LogP contribution >= 0.6 is 7.91 Å². The van der Waals surface area contributed by atoms with Gasteiger partial charge in [-0.25, -0.2) is 9.09 Å². The first-order valence-electron chi connectivity index (χ1n) is 3.57. The highest BCUT2D eigenvalue weighted by Gasteiger charge is 2.49. The molecule has 15 heavy (non-hydrogen) atoms. The Bertz CT molecular complexity index is 252. The molecule has 0 saturated carbocycles. The molecule has 0 rings (SSSR count). The molecule has 3 nitrogen and oxygen atoms in total. The van der Waals surface area contributed by atoms with E-state index in [2.05, 4.69) is 9.05 Å². The molecular formula is C5H7F6O3P. The number of alkyl halides is 5. The fraction of sp³-hybridized carbons (Fsp3) is 1.00. The van der Waals surface area contributed by atoms with E-state index in [4.69, 9.17) is 0 Å². The molecule has 0 aliphatic heterocycles. The van der Waals surface area contributed by atoms with Gasteiger partial charge in [-0.1, -0.05) is 0 Å². The van der Waals surface area contributed by atoms with Crippen molar-refractivity contribution in [3.8, 4) is 0 Å². The Balaban J connectivity index is 4.43. The first-order chi connectivity index (χ1) is 6.47. The highest BCUT2D eigenvalue weighted by Crippen LogP contribution is 2.55. The number of hydrogen-bond acceptors (Lipinski definition) is 3. The maximum Gasteiger partial charge on any atom is 0.517 e. The number of hydrogen-bond donors (Lipinski definition) is 0. The zero-order chi connectivity index (χ0) is 12.3. The summed E-state index contributed by atoms with van der Waals surface area (Å²) in [6.45, 7) is 0.535. The molecule has 1 atom stereocenters. The van der Waals surface area contributed by atoms with Crippen LogP contribution in [0.5, 0.6) is 0 Å². The van der Waals surface area contributed by atoms with E-state index in [1.54, 1.807) is 0 Å². The van der Waals surface area contributed by atoms with Crippen LogP contribution in [0, 0.1) is 0 Å². The molecule has 0 spiro atoms. The molecule has 0 bridgehead atoms. The minimum absolute atomic E-state index is 0.574. The first-order valence-corrected chi connectivity index (χ1v) is 5.00. The standard InChI is InChI=1S/C5H7F6O3P/c1-2-13-15(11,12)14-5(9,10)3-4(6,7)8/h2-3H2,1H3. The summed E-state index contributed by atoms with van der Waals surface area (Å²) in [6, 6.07) is 0. The quantitative estimate of drug-likeness (QED) is 0.559. The fourth-order valence-corrected chi connectivity index (χ4v) is 1.35. The molecule has 0 aliphatic carbocycles. The Labute approximate surface area is 81.0 Å². The lowest BCUT2D eigenvalue weighted by molar-refractivity contribution is -0.259. The van der Waals surface area contributed by atoms with Gasteiger partial charge in [0.25, 0.3) is 0 Å². The molecule has 0 aliphatic rings. The Morgan fingerprint density at radius 3 is 2.00 bits per heavy atom. The van der Waals surface area contributed by atoms with Crippen LogP contribution in [-0.2, 0) is 13.6 Å². The van der Waals surface area contributed by atoms with Crippen LogP contribution in [0.15, 0.2) is 0 Å². The van der Waals surface area contributed by atoms with Crippen molar-refractivity contribution < 1.29 is 39.8 Å². The predicted octanol–water partition coefficient (Wildman–Crippen LogP) is 3.66. The largest absolute Gasteiger partial charge is 0.517 e. The van der Waals surface area contributed by atoms with E-state index in [-0.39, 0.29) is 0 Å². The van der Waals surface area contributed by atoms with Crippen molar-refractivity contribution in [2.45, 2.75) is 25.6 Å². The van der Waals surface area contributed by atoms with Crippen molar-refractivity contribution in [1.82, 2.24) is 0 Å². The van der Waals surface area contributed by atoms with Gasteiger partial charge in [0.15, 0.2) is 0 Å². The summed E-state index contributed by atoms with van der Waals surface area (Å²) in [4.78, 5) is 0. The van der Waals surface area contributed by atoms with E-state index in [0.29, 0.717) is 0 Å². The van der Waals surface area contributed by atoms with Gasteiger partial charge in [0.05, 0.1) is 6.61 Å². The SMILES string of the molecule is CCOP(=O)(F)OC(F)(F)CC(F)(F)F. The maximum atomic E-state index is 12.4. The van der Waals surface area contributed by atoms with Gasteiger partial charge in [-0.05, 0) is 6.92 Å². The van der Waals surface area contributed by atoms with Crippen LogP contribution < -0.4 is 0 Å². The normalized spacial score (nSPS) is 17.5. The number of rotatable bonds is 5. The molecule has 1 unspecified atom stereocenters. The molecule has 0 radical (unpaired) electrons. The van der Waals surface area contributed by atoms with Gasteiger partial charge in [-0.15, -0.1) is 4.20 Å². The highest BCUT2D eigenvalue weighted by molar-refractivity contribution is 7.48. The van der Waals surface area contributed by atoms with Crippen LogP contribution in [0.2, 0.25) is 0 Å². The summed E-state index contributed by atoms with van der Waals surface area (Å²) in [7, 11) is -5.65. The van der Waals surface area contributed by atoms with Crippen molar-refractivity contribution in [2.75, 3.05) is 6.61 Å². The van der Waals surface area contributed by atoms with Crippen molar-refractivity contribution >= 4 is 7.91 Å². The summed E-state index contributed by atoms with van der Waals surface area (Å²) in [6.07, 6.45) is -12.9. The molecule has 0 saturated heterocycles. The molecule has 0 heterocycles. The van der Waals surface area contributed by atoms with E-state index in [1.807, 2.05) is 0 Å². The minimum atomic E-state index is -5.65. The van der Waals surface area contributed by atoms with Crippen LogP contribution in [0.25, 0.3) is 0 Å². The second-order valence-corrected chi connectivity index (χ2v) is 3.67. The average molecular weight is 260 g/mol. The van der Waals surface area contributed by atoms with Crippen molar-refractivity contribution in [1.29, 1.82) is 0 Å². The second kappa shape index (κ2) is 4.71. The summed E-state index contributed by atoms with van der Waals surface area (Å²) in [5.41, 5.74) is 0. The third kappa shape index (κ3) is 7.64. The number of halogens is 6. The van der Waals surface area contributed by atoms with E-state index in [9.17, 15) is 30.7 Å². The molecule has 0 N–H and O–H groups in total. The van der Waals surface area contributed by atoms with Gasteiger partial charge in [-0.3, -0.25) is 4.52 Å². The Morgan fingerprint density at radius 2 is 1.67 bits per heavy atom. The van der Waals surface area contributed by atoms with Gasteiger partial charge < -0.3 is 0 Å². The summed E-state index contributed by atoms with van der Waals surface area (Å²) < 4.78 is 88.3. The molecule has 0 aromatic rings. The first kappa shape index (κ1) is 14.7. The van der Waals surface area contributed by atoms with E-state index < -0.39 is 33.2 Å². The zero-order valence-corrected chi connectivity index (χ0v) is 8.25. The summed E-state index contributed by atoms with van der Waals surface area (Å²) in [5.74, 6) is 0. The van der Waals surface area contributed by atoms with Crippen LogP contribution in [0.3, 0.4) is 0 Å². The molecular weight excluding hydrogens is 253 g/mol. The monoisotopic (exact) mass is 260 g/mol. The minimum Gasteiger partial charge on any atom is -0.284 e. The van der Waals surface area contributed by atoms with Gasteiger partial charge in [0.1, 0.15) is 6.42 Å². The smallest absolute Gasteiger partial charge is 0.284 e. The molecule has 0 fully saturated rings. The van der Waals surface area contributed by atoms with Crippen molar-refractivity contribution in [3.63, 3.8) is 0 Å². The maximum absolute atomic E-state index is 12.4. The third-order valence-electron chi connectivity index (χ3n) is 0.932. The van der Waals surface area contributed by atoms with Gasteiger partial charge in [0, 0.05) is 0 Å². The predicted molar refractivity (Wildman–Crippen MR) is 37.0 cm³/mol. The lowest BCUT2D eigenvalue weighted by Crippen LogP contribution is -2.27. The van der Waals surface area contributed by atoms with E-state index in [1.165, 1.54) is 0 Å². The molecule has 92 valence electrons. The Kier molecular flexibility index (Phi) is 4.63. The fourth-order valence-electron chi connectivity index (χ4n) is 0.606.